The number of aromatic nitrogens is 1. The molecule has 1 unspecified atom stereocenters. The molecule has 0 bridgehead atoms. The van der Waals surface area contributed by atoms with E-state index in [9.17, 15) is 4.79 Å². The lowest BCUT2D eigenvalue weighted by atomic mass is 10.2. The van der Waals surface area contributed by atoms with Gasteiger partial charge in [-0.1, -0.05) is 13.8 Å². The van der Waals surface area contributed by atoms with Crippen LogP contribution in [0.3, 0.4) is 0 Å². The van der Waals surface area contributed by atoms with E-state index in [0.717, 1.165) is 0 Å². The van der Waals surface area contributed by atoms with Gasteiger partial charge in [0.15, 0.2) is 11.6 Å². The van der Waals surface area contributed by atoms with E-state index in [0.29, 0.717) is 24.0 Å². The summed E-state index contributed by atoms with van der Waals surface area (Å²) in [5.74, 6) is 1.64. The smallest absolute Gasteiger partial charge is 0.242 e. The zero-order chi connectivity index (χ0) is 15.1. The Morgan fingerprint density at radius 1 is 1.30 bits per heavy atom. The summed E-state index contributed by atoms with van der Waals surface area (Å²) in [6.45, 7) is 10.5. The van der Waals surface area contributed by atoms with Crippen LogP contribution in [-0.2, 0) is 4.79 Å². The van der Waals surface area contributed by atoms with E-state index in [-0.39, 0.29) is 18.1 Å². The summed E-state index contributed by atoms with van der Waals surface area (Å²) < 4.78 is 5.67. The van der Waals surface area contributed by atoms with Crippen LogP contribution in [0, 0.1) is 5.92 Å². The minimum Gasteiger partial charge on any atom is -0.487 e. The molecule has 1 amide bonds. The van der Waals surface area contributed by atoms with Crippen molar-refractivity contribution in [2.45, 2.75) is 46.8 Å². The molecule has 1 aromatic rings. The standard InChI is InChI=1S/C15H25N3O2/c1-10(2)9-17-15(19)12(5)18-14-13(20-11(3)4)7-6-8-16-14/h6-8,10-12H,9H2,1-5H3,(H,16,18)(H,17,19). The molecular weight excluding hydrogens is 254 g/mol. The summed E-state index contributed by atoms with van der Waals surface area (Å²) in [6, 6.07) is 3.29. The summed E-state index contributed by atoms with van der Waals surface area (Å²) in [5.41, 5.74) is 0. The Bertz CT molecular complexity index is 433. The minimum atomic E-state index is -0.363. The van der Waals surface area contributed by atoms with E-state index < -0.39 is 0 Å². The second-order valence-corrected chi connectivity index (χ2v) is 5.52. The Morgan fingerprint density at radius 2 is 2.00 bits per heavy atom. The minimum absolute atomic E-state index is 0.0418. The molecule has 1 atom stereocenters. The van der Waals surface area contributed by atoms with E-state index in [2.05, 4.69) is 29.5 Å². The lowest BCUT2D eigenvalue weighted by molar-refractivity contribution is -0.121. The van der Waals surface area contributed by atoms with Gasteiger partial charge in [-0.15, -0.1) is 0 Å². The van der Waals surface area contributed by atoms with Crippen molar-refractivity contribution in [1.29, 1.82) is 0 Å². The highest BCUT2D eigenvalue weighted by Gasteiger charge is 2.15. The number of nitrogens with zero attached hydrogens (tertiary/aromatic N) is 1. The van der Waals surface area contributed by atoms with Gasteiger partial charge in [-0.05, 0) is 38.8 Å². The first-order chi connectivity index (χ1) is 9.40. The fourth-order valence-electron chi connectivity index (χ4n) is 1.58. The molecule has 0 aliphatic heterocycles. The Morgan fingerprint density at radius 3 is 2.60 bits per heavy atom. The van der Waals surface area contributed by atoms with Gasteiger partial charge in [-0.2, -0.15) is 0 Å². The van der Waals surface area contributed by atoms with Crippen LogP contribution in [0.5, 0.6) is 5.75 Å². The van der Waals surface area contributed by atoms with Crippen LogP contribution in [0.15, 0.2) is 18.3 Å². The zero-order valence-corrected chi connectivity index (χ0v) is 12.9. The van der Waals surface area contributed by atoms with Crippen LogP contribution in [0.2, 0.25) is 0 Å². The molecule has 1 aromatic heterocycles. The summed E-state index contributed by atoms with van der Waals surface area (Å²) in [5, 5.41) is 5.98. The summed E-state index contributed by atoms with van der Waals surface area (Å²) in [6.07, 6.45) is 1.73. The van der Waals surface area contributed by atoms with Crippen molar-refractivity contribution in [3.63, 3.8) is 0 Å². The summed E-state index contributed by atoms with van der Waals surface area (Å²) in [4.78, 5) is 16.2. The first kappa shape index (κ1) is 16.3. The summed E-state index contributed by atoms with van der Waals surface area (Å²) in [7, 11) is 0. The van der Waals surface area contributed by atoms with Crippen LogP contribution in [0.4, 0.5) is 5.82 Å². The van der Waals surface area contributed by atoms with Gasteiger partial charge < -0.3 is 15.4 Å². The average molecular weight is 279 g/mol. The lowest BCUT2D eigenvalue weighted by Gasteiger charge is -2.18. The highest BCUT2D eigenvalue weighted by Crippen LogP contribution is 2.22. The van der Waals surface area contributed by atoms with E-state index in [4.69, 9.17) is 4.74 Å². The van der Waals surface area contributed by atoms with Crippen molar-refractivity contribution in [3.8, 4) is 5.75 Å². The number of nitrogens with one attached hydrogen (secondary N) is 2. The van der Waals surface area contributed by atoms with Crippen molar-refractivity contribution in [3.05, 3.63) is 18.3 Å². The second kappa shape index (κ2) is 7.72. The SMILES string of the molecule is CC(C)CNC(=O)C(C)Nc1ncccc1OC(C)C. The largest absolute Gasteiger partial charge is 0.487 e. The number of pyridine rings is 1. The predicted octanol–water partition coefficient (Wildman–Crippen LogP) is 2.44. The van der Waals surface area contributed by atoms with E-state index >= 15 is 0 Å². The number of anilines is 1. The van der Waals surface area contributed by atoms with Gasteiger partial charge in [-0.3, -0.25) is 4.79 Å². The van der Waals surface area contributed by atoms with Gasteiger partial charge in [0.25, 0.3) is 0 Å². The van der Waals surface area contributed by atoms with Gasteiger partial charge in [0.2, 0.25) is 5.91 Å². The molecule has 1 heterocycles. The van der Waals surface area contributed by atoms with Gasteiger partial charge in [-0.25, -0.2) is 4.98 Å². The fraction of sp³-hybridized carbons (Fsp3) is 0.600. The number of hydrogen-bond donors (Lipinski definition) is 2. The van der Waals surface area contributed by atoms with Crippen LogP contribution in [0.1, 0.15) is 34.6 Å². The predicted molar refractivity (Wildman–Crippen MR) is 80.9 cm³/mol. The zero-order valence-electron chi connectivity index (χ0n) is 12.9. The molecule has 0 aliphatic rings. The number of hydrogen-bond acceptors (Lipinski definition) is 4. The van der Waals surface area contributed by atoms with Crippen molar-refractivity contribution in [2.75, 3.05) is 11.9 Å². The molecule has 0 spiro atoms. The highest BCUT2D eigenvalue weighted by atomic mass is 16.5. The third-order valence-corrected chi connectivity index (χ3v) is 2.56. The number of amides is 1. The molecule has 0 saturated carbocycles. The van der Waals surface area contributed by atoms with Gasteiger partial charge in [0.1, 0.15) is 6.04 Å². The second-order valence-electron chi connectivity index (χ2n) is 5.52. The van der Waals surface area contributed by atoms with Crippen LogP contribution < -0.4 is 15.4 Å². The maximum Gasteiger partial charge on any atom is 0.242 e. The Balaban J connectivity index is 2.65. The monoisotopic (exact) mass is 279 g/mol. The van der Waals surface area contributed by atoms with E-state index in [1.165, 1.54) is 0 Å². The van der Waals surface area contributed by atoms with Crippen LogP contribution in [0.25, 0.3) is 0 Å². The quantitative estimate of drug-likeness (QED) is 0.804. The number of carbonyl (C=O) groups is 1. The molecule has 0 aliphatic carbocycles. The Hall–Kier alpha value is -1.78. The third kappa shape index (κ3) is 5.47. The van der Waals surface area contributed by atoms with Crippen molar-refractivity contribution in [1.82, 2.24) is 10.3 Å². The molecule has 5 heteroatoms. The van der Waals surface area contributed by atoms with Gasteiger partial charge in [0.05, 0.1) is 6.10 Å². The Kier molecular flexibility index (Phi) is 6.28. The molecule has 0 saturated heterocycles. The molecule has 1 rings (SSSR count). The topological polar surface area (TPSA) is 63.2 Å². The van der Waals surface area contributed by atoms with Crippen molar-refractivity contribution >= 4 is 11.7 Å². The molecule has 20 heavy (non-hydrogen) atoms. The number of rotatable bonds is 7. The van der Waals surface area contributed by atoms with Crippen molar-refractivity contribution < 1.29 is 9.53 Å². The molecule has 2 N–H and O–H groups in total. The van der Waals surface area contributed by atoms with E-state index in [1.807, 2.05) is 32.9 Å². The lowest BCUT2D eigenvalue weighted by Crippen LogP contribution is -2.39. The fourth-order valence-corrected chi connectivity index (χ4v) is 1.58. The molecule has 0 radical (unpaired) electrons. The molecule has 0 fully saturated rings. The van der Waals surface area contributed by atoms with Crippen LogP contribution in [-0.4, -0.2) is 29.6 Å². The maximum absolute atomic E-state index is 11.9. The molecule has 0 aromatic carbocycles. The Labute approximate surface area is 121 Å². The number of carbonyl (C=O) groups excluding carboxylic acids is 1. The maximum atomic E-state index is 11.9. The third-order valence-electron chi connectivity index (χ3n) is 2.56. The summed E-state index contributed by atoms with van der Waals surface area (Å²) >= 11 is 0. The average Bonchev–Trinajstić information content (AvgIpc) is 2.37. The molecule has 112 valence electrons. The highest BCUT2D eigenvalue weighted by molar-refractivity contribution is 5.84. The number of ether oxygens (including phenoxy) is 1. The first-order valence-corrected chi connectivity index (χ1v) is 7.06. The molecular formula is C15H25N3O2. The van der Waals surface area contributed by atoms with Crippen molar-refractivity contribution in [2.24, 2.45) is 5.92 Å². The normalized spacial score (nSPS) is 12.3. The van der Waals surface area contributed by atoms with E-state index in [1.54, 1.807) is 6.20 Å². The first-order valence-electron chi connectivity index (χ1n) is 7.06. The van der Waals surface area contributed by atoms with Gasteiger partial charge in [0, 0.05) is 12.7 Å². The van der Waals surface area contributed by atoms with Gasteiger partial charge >= 0.3 is 0 Å². The molecule has 5 nitrogen and oxygen atoms in total. The van der Waals surface area contributed by atoms with Crippen LogP contribution >= 0.6 is 0 Å².